The van der Waals surface area contributed by atoms with Gasteiger partial charge in [-0.3, -0.25) is 0 Å². The molecule has 0 aliphatic carbocycles. The van der Waals surface area contributed by atoms with Gasteiger partial charge in [0.1, 0.15) is 0 Å². The van der Waals surface area contributed by atoms with Gasteiger partial charge in [0.05, 0.1) is 19.3 Å². The maximum atomic E-state index is 12.4. The first kappa shape index (κ1) is 16.6. The molecule has 3 nitrogen and oxygen atoms in total. The zero-order valence-corrected chi connectivity index (χ0v) is 9.76. The number of rotatable bonds is 10. The third-order valence-corrected chi connectivity index (χ3v) is 2.01. The molecule has 0 spiro atoms. The van der Waals surface area contributed by atoms with Crippen LogP contribution >= 0.6 is 0 Å². The van der Waals surface area contributed by atoms with E-state index in [0.29, 0.717) is 6.61 Å². The fourth-order valence-electron chi connectivity index (χ4n) is 1.01. The van der Waals surface area contributed by atoms with Crippen molar-refractivity contribution in [1.29, 1.82) is 0 Å². The second-order valence-corrected chi connectivity index (χ2v) is 3.77. The van der Waals surface area contributed by atoms with Gasteiger partial charge in [-0.2, -0.15) is 8.78 Å². The highest BCUT2D eigenvalue weighted by Crippen LogP contribution is 2.21. The molecule has 104 valence electrons. The molecule has 7 heteroatoms. The highest BCUT2D eigenvalue weighted by Gasteiger charge is 2.40. The minimum Gasteiger partial charge on any atom is -0.389 e. The fraction of sp³-hybridized carbons (Fsp3) is 1.00. The number of alkyl halides is 4. The van der Waals surface area contributed by atoms with Crippen LogP contribution in [0, 0.1) is 0 Å². The molecular weight excluding hydrogens is 242 g/mol. The molecule has 0 aliphatic heterocycles. The molecule has 0 heterocycles. The van der Waals surface area contributed by atoms with Crippen molar-refractivity contribution < 1.29 is 27.4 Å². The molecule has 2 N–H and O–H groups in total. The molecule has 0 amide bonds. The molecule has 0 saturated heterocycles. The van der Waals surface area contributed by atoms with Crippen LogP contribution in [0.2, 0.25) is 0 Å². The van der Waals surface area contributed by atoms with Crippen LogP contribution in [0.3, 0.4) is 0 Å². The molecule has 1 unspecified atom stereocenters. The SMILES string of the molecule is CCCCOCC(O)CNCC(F)(F)C(F)F. The van der Waals surface area contributed by atoms with Crippen LogP contribution < -0.4 is 5.32 Å². The predicted molar refractivity (Wildman–Crippen MR) is 55.6 cm³/mol. The minimum atomic E-state index is -4.07. The van der Waals surface area contributed by atoms with E-state index >= 15 is 0 Å². The second-order valence-electron chi connectivity index (χ2n) is 3.77. The first-order chi connectivity index (χ1) is 7.90. The lowest BCUT2D eigenvalue weighted by atomic mass is 10.3. The summed E-state index contributed by atoms with van der Waals surface area (Å²) >= 11 is 0. The van der Waals surface area contributed by atoms with Crippen LogP contribution in [0.5, 0.6) is 0 Å². The topological polar surface area (TPSA) is 41.5 Å². The molecule has 1 atom stereocenters. The molecule has 0 aromatic rings. The van der Waals surface area contributed by atoms with Crippen molar-refractivity contribution in [3.8, 4) is 0 Å². The van der Waals surface area contributed by atoms with E-state index < -0.39 is 25.0 Å². The molecule has 0 rings (SSSR count). The van der Waals surface area contributed by atoms with Crippen molar-refractivity contribution in [3.05, 3.63) is 0 Å². The monoisotopic (exact) mass is 261 g/mol. The fourth-order valence-corrected chi connectivity index (χ4v) is 1.01. The van der Waals surface area contributed by atoms with Gasteiger partial charge in [-0.15, -0.1) is 0 Å². The summed E-state index contributed by atoms with van der Waals surface area (Å²) in [6, 6.07) is 0. The number of unbranched alkanes of at least 4 members (excludes halogenated alkanes) is 1. The summed E-state index contributed by atoms with van der Waals surface area (Å²) in [7, 11) is 0. The molecule has 17 heavy (non-hydrogen) atoms. The molecule has 0 saturated carbocycles. The Hall–Kier alpha value is -0.400. The average Bonchev–Trinajstić information content (AvgIpc) is 2.24. The highest BCUT2D eigenvalue weighted by atomic mass is 19.3. The number of aliphatic hydroxyl groups is 1. The quantitative estimate of drug-likeness (QED) is 0.464. The minimum absolute atomic E-state index is 0.00719. The van der Waals surface area contributed by atoms with Gasteiger partial charge >= 0.3 is 12.3 Å². The summed E-state index contributed by atoms with van der Waals surface area (Å²) in [5, 5.41) is 11.4. The summed E-state index contributed by atoms with van der Waals surface area (Å²) in [6.07, 6.45) is -2.87. The average molecular weight is 261 g/mol. The van der Waals surface area contributed by atoms with Gasteiger partial charge in [-0.25, -0.2) is 8.78 Å². The van der Waals surface area contributed by atoms with Crippen molar-refractivity contribution >= 4 is 0 Å². The first-order valence-electron chi connectivity index (χ1n) is 5.52. The van der Waals surface area contributed by atoms with E-state index in [2.05, 4.69) is 5.32 Å². The molecule has 0 bridgehead atoms. The third-order valence-electron chi connectivity index (χ3n) is 2.01. The molecule has 0 aromatic heterocycles. The Balaban J connectivity index is 3.54. The van der Waals surface area contributed by atoms with Crippen molar-refractivity contribution in [1.82, 2.24) is 5.32 Å². The van der Waals surface area contributed by atoms with Crippen LogP contribution in [0.1, 0.15) is 19.8 Å². The van der Waals surface area contributed by atoms with Gasteiger partial charge in [0.25, 0.3) is 0 Å². The maximum absolute atomic E-state index is 12.4. The van der Waals surface area contributed by atoms with Crippen LogP contribution in [0.15, 0.2) is 0 Å². The van der Waals surface area contributed by atoms with Crippen LogP contribution in [0.25, 0.3) is 0 Å². The van der Waals surface area contributed by atoms with Crippen molar-refractivity contribution in [2.24, 2.45) is 0 Å². The van der Waals surface area contributed by atoms with Gasteiger partial charge in [0.15, 0.2) is 0 Å². The predicted octanol–water partition coefficient (Wildman–Crippen LogP) is 1.65. The standard InChI is InChI=1S/C10H19F4NO2/c1-2-3-4-17-6-8(16)5-15-7-10(13,14)9(11)12/h8-9,15-16H,2-7H2,1H3. The van der Waals surface area contributed by atoms with E-state index in [-0.39, 0.29) is 13.2 Å². The van der Waals surface area contributed by atoms with E-state index in [9.17, 15) is 22.7 Å². The summed E-state index contributed by atoms with van der Waals surface area (Å²) in [6.45, 7) is 1.12. The second kappa shape index (κ2) is 8.66. The Kier molecular flexibility index (Phi) is 8.45. The Bertz CT molecular complexity index is 193. The molecule has 0 aromatic carbocycles. The summed E-state index contributed by atoms with van der Waals surface area (Å²) in [5.74, 6) is -4.07. The Morgan fingerprint density at radius 2 is 2.00 bits per heavy atom. The summed E-state index contributed by atoms with van der Waals surface area (Å²) < 4.78 is 53.4. The van der Waals surface area contributed by atoms with E-state index in [0.717, 1.165) is 12.8 Å². The van der Waals surface area contributed by atoms with Crippen molar-refractivity contribution in [2.45, 2.75) is 38.2 Å². The number of nitrogens with one attached hydrogen (secondary N) is 1. The largest absolute Gasteiger partial charge is 0.389 e. The zero-order chi connectivity index (χ0) is 13.3. The number of hydrogen-bond acceptors (Lipinski definition) is 3. The lowest BCUT2D eigenvalue weighted by Crippen LogP contribution is -2.42. The first-order valence-corrected chi connectivity index (χ1v) is 5.52. The maximum Gasteiger partial charge on any atom is 0.319 e. The molecule has 0 fully saturated rings. The summed E-state index contributed by atoms with van der Waals surface area (Å²) in [4.78, 5) is 0. The molecule has 0 aliphatic rings. The van der Waals surface area contributed by atoms with Gasteiger partial charge in [0, 0.05) is 13.2 Å². The van der Waals surface area contributed by atoms with Gasteiger partial charge in [0.2, 0.25) is 0 Å². The van der Waals surface area contributed by atoms with Crippen molar-refractivity contribution in [2.75, 3.05) is 26.3 Å². The van der Waals surface area contributed by atoms with Crippen LogP contribution in [-0.2, 0) is 4.74 Å². The lowest BCUT2D eigenvalue weighted by Gasteiger charge is -2.17. The number of hydrogen-bond donors (Lipinski definition) is 2. The lowest BCUT2D eigenvalue weighted by molar-refractivity contribution is -0.126. The Morgan fingerprint density at radius 1 is 1.35 bits per heavy atom. The van der Waals surface area contributed by atoms with Gasteiger partial charge in [-0.05, 0) is 6.42 Å². The third kappa shape index (κ3) is 8.34. The number of ether oxygens (including phenoxy) is 1. The number of aliphatic hydroxyl groups excluding tert-OH is 1. The summed E-state index contributed by atoms with van der Waals surface area (Å²) in [5.41, 5.74) is 0. The smallest absolute Gasteiger partial charge is 0.319 e. The zero-order valence-electron chi connectivity index (χ0n) is 9.76. The Labute approximate surface area is 98.1 Å². The van der Waals surface area contributed by atoms with E-state index in [1.807, 2.05) is 6.92 Å². The normalized spacial score (nSPS) is 14.3. The van der Waals surface area contributed by atoms with Gasteiger partial charge < -0.3 is 15.2 Å². The van der Waals surface area contributed by atoms with E-state index in [4.69, 9.17) is 4.74 Å². The van der Waals surface area contributed by atoms with Crippen molar-refractivity contribution in [3.63, 3.8) is 0 Å². The Morgan fingerprint density at radius 3 is 2.53 bits per heavy atom. The van der Waals surface area contributed by atoms with E-state index in [1.165, 1.54) is 0 Å². The highest BCUT2D eigenvalue weighted by molar-refractivity contribution is 4.73. The number of halogens is 4. The van der Waals surface area contributed by atoms with E-state index in [1.54, 1.807) is 0 Å². The van der Waals surface area contributed by atoms with Crippen LogP contribution in [0.4, 0.5) is 17.6 Å². The van der Waals surface area contributed by atoms with Gasteiger partial charge in [-0.1, -0.05) is 13.3 Å². The molecule has 0 radical (unpaired) electrons. The molecular formula is C10H19F4NO2. The van der Waals surface area contributed by atoms with Crippen LogP contribution in [-0.4, -0.2) is 49.9 Å².